The van der Waals surface area contributed by atoms with E-state index in [1.807, 2.05) is 94.7 Å². The number of carbonyl (C=O) groups excluding carboxylic acids is 2. The van der Waals surface area contributed by atoms with E-state index in [1.165, 1.54) is 0 Å². The average Bonchev–Trinajstić information content (AvgIpc) is 3.25. The van der Waals surface area contributed by atoms with Gasteiger partial charge in [-0.05, 0) is 18.2 Å². The molecule has 0 saturated carbocycles. The minimum absolute atomic E-state index is 0.0159. The smallest absolute Gasteiger partial charge is 0.256 e. The molecule has 2 heterocycles. The van der Waals surface area contributed by atoms with Crippen LogP contribution in [0.2, 0.25) is 0 Å². The second-order valence-electron chi connectivity index (χ2n) is 6.86. The zero-order valence-electron chi connectivity index (χ0n) is 14.7. The summed E-state index contributed by atoms with van der Waals surface area (Å²) in [4.78, 5) is 30.3. The van der Waals surface area contributed by atoms with Gasteiger partial charge in [0.25, 0.3) is 11.8 Å². The van der Waals surface area contributed by atoms with Crippen LogP contribution in [0.25, 0.3) is 0 Å². The molecular formula is C23H18N2O2. The Hall–Kier alpha value is -3.40. The van der Waals surface area contributed by atoms with Gasteiger partial charge in [0.15, 0.2) is 5.66 Å². The minimum Gasteiger partial charge on any atom is -0.306 e. The summed E-state index contributed by atoms with van der Waals surface area (Å²) < 4.78 is 0. The highest BCUT2D eigenvalue weighted by atomic mass is 16.2. The van der Waals surface area contributed by atoms with Crippen molar-refractivity contribution in [1.82, 2.24) is 9.80 Å². The van der Waals surface area contributed by atoms with E-state index in [-0.39, 0.29) is 11.8 Å². The molecular weight excluding hydrogens is 336 g/mol. The molecule has 3 aromatic carbocycles. The fraction of sp³-hybridized carbons (Fsp3) is 0.130. The van der Waals surface area contributed by atoms with Crippen LogP contribution in [-0.4, -0.2) is 34.7 Å². The maximum Gasteiger partial charge on any atom is 0.256 e. The number of benzene rings is 3. The molecule has 1 atom stereocenters. The Morgan fingerprint density at radius 1 is 0.778 bits per heavy atom. The number of amides is 2. The van der Waals surface area contributed by atoms with Gasteiger partial charge in [-0.3, -0.25) is 9.59 Å². The van der Waals surface area contributed by atoms with Gasteiger partial charge in [-0.1, -0.05) is 66.7 Å². The van der Waals surface area contributed by atoms with Crippen molar-refractivity contribution in [1.29, 1.82) is 0 Å². The van der Waals surface area contributed by atoms with Crippen LogP contribution in [0, 0.1) is 0 Å². The van der Waals surface area contributed by atoms with E-state index in [1.54, 1.807) is 0 Å². The van der Waals surface area contributed by atoms with Gasteiger partial charge in [0.05, 0.1) is 0 Å². The predicted molar refractivity (Wildman–Crippen MR) is 102 cm³/mol. The van der Waals surface area contributed by atoms with E-state index in [0.29, 0.717) is 24.2 Å². The lowest BCUT2D eigenvalue weighted by Crippen LogP contribution is -2.51. The van der Waals surface area contributed by atoms with Gasteiger partial charge in [-0.25, -0.2) is 0 Å². The number of rotatable bonds is 2. The Labute approximate surface area is 157 Å². The number of fused-ring (bicyclic) bond motifs is 3. The van der Waals surface area contributed by atoms with E-state index < -0.39 is 5.66 Å². The molecule has 1 saturated heterocycles. The fourth-order valence-corrected chi connectivity index (χ4v) is 4.45. The highest BCUT2D eigenvalue weighted by Crippen LogP contribution is 2.49. The number of hydrogen-bond acceptors (Lipinski definition) is 2. The molecule has 0 bridgehead atoms. The molecule has 27 heavy (non-hydrogen) atoms. The summed E-state index contributed by atoms with van der Waals surface area (Å²) >= 11 is 0. The Balaban J connectivity index is 1.77. The number of carbonyl (C=O) groups is 2. The van der Waals surface area contributed by atoms with Crippen LogP contribution in [0.3, 0.4) is 0 Å². The summed E-state index contributed by atoms with van der Waals surface area (Å²) in [5, 5.41) is 0. The van der Waals surface area contributed by atoms with Crippen LogP contribution in [0.5, 0.6) is 0 Å². The third-order valence-corrected chi connectivity index (χ3v) is 5.55. The minimum atomic E-state index is -0.887. The van der Waals surface area contributed by atoms with Crippen molar-refractivity contribution in [3.8, 4) is 0 Å². The van der Waals surface area contributed by atoms with Gasteiger partial charge < -0.3 is 9.80 Å². The molecule has 2 amide bonds. The third-order valence-electron chi connectivity index (χ3n) is 5.55. The van der Waals surface area contributed by atoms with Crippen molar-refractivity contribution in [2.75, 3.05) is 13.1 Å². The molecule has 1 fully saturated rings. The molecule has 5 rings (SSSR count). The highest BCUT2D eigenvalue weighted by molar-refractivity contribution is 6.03. The Morgan fingerprint density at radius 3 is 2.15 bits per heavy atom. The van der Waals surface area contributed by atoms with Crippen molar-refractivity contribution >= 4 is 11.8 Å². The lowest BCUT2D eigenvalue weighted by molar-refractivity contribution is 0.0375. The van der Waals surface area contributed by atoms with Crippen molar-refractivity contribution in [3.05, 3.63) is 107 Å². The lowest BCUT2D eigenvalue weighted by atomic mass is 9.89. The largest absolute Gasteiger partial charge is 0.306 e. The van der Waals surface area contributed by atoms with Gasteiger partial charge in [-0.2, -0.15) is 0 Å². The summed E-state index contributed by atoms with van der Waals surface area (Å²) in [6.07, 6.45) is 0. The lowest BCUT2D eigenvalue weighted by Gasteiger charge is -2.40. The van der Waals surface area contributed by atoms with Crippen LogP contribution < -0.4 is 0 Å². The quantitative estimate of drug-likeness (QED) is 0.707. The third kappa shape index (κ3) is 2.04. The molecule has 0 aromatic heterocycles. The Kier molecular flexibility index (Phi) is 3.41. The molecule has 0 aliphatic carbocycles. The monoisotopic (exact) mass is 354 g/mol. The number of hydrogen-bond donors (Lipinski definition) is 0. The predicted octanol–water partition coefficient (Wildman–Crippen LogP) is 3.50. The standard InChI is InChI=1S/C23H18N2O2/c26-21(17-9-3-1-4-10-17)24-15-16-25-22(27)19-13-7-8-14-20(19)23(24,25)18-11-5-2-6-12-18/h1-14H,15-16H2. The first-order valence-corrected chi connectivity index (χ1v) is 9.08. The first-order chi connectivity index (χ1) is 13.2. The summed E-state index contributed by atoms with van der Waals surface area (Å²) in [7, 11) is 0. The van der Waals surface area contributed by atoms with Gasteiger partial charge >= 0.3 is 0 Å². The van der Waals surface area contributed by atoms with Crippen molar-refractivity contribution in [2.24, 2.45) is 0 Å². The van der Waals surface area contributed by atoms with Gasteiger partial charge in [0, 0.05) is 35.3 Å². The van der Waals surface area contributed by atoms with Gasteiger partial charge in [-0.15, -0.1) is 0 Å². The molecule has 0 radical (unpaired) electrons. The van der Waals surface area contributed by atoms with Crippen LogP contribution in [0.1, 0.15) is 31.8 Å². The molecule has 3 aromatic rings. The van der Waals surface area contributed by atoms with Crippen LogP contribution >= 0.6 is 0 Å². The van der Waals surface area contributed by atoms with E-state index in [0.717, 1.165) is 11.1 Å². The second-order valence-corrected chi connectivity index (χ2v) is 6.86. The topological polar surface area (TPSA) is 40.6 Å². The Morgan fingerprint density at radius 2 is 1.41 bits per heavy atom. The molecule has 2 aliphatic heterocycles. The van der Waals surface area contributed by atoms with Crippen LogP contribution in [0.15, 0.2) is 84.9 Å². The molecule has 0 N–H and O–H groups in total. The van der Waals surface area contributed by atoms with Crippen LogP contribution in [-0.2, 0) is 5.66 Å². The van der Waals surface area contributed by atoms with Crippen molar-refractivity contribution < 1.29 is 9.59 Å². The average molecular weight is 354 g/mol. The molecule has 1 unspecified atom stereocenters. The maximum atomic E-state index is 13.5. The SMILES string of the molecule is O=C(c1ccccc1)N1CCN2C(=O)c3ccccc3C12c1ccccc1. The summed E-state index contributed by atoms with van der Waals surface area (Å²) in [5.41, 5.74) is 2.23. The van der Waals surface area contributed by atoms with Gasteiger partial charge in [0.1, 0.15) is 0 Å². The van der Waals surface area contributed by atoms with E-state index in [2.05, 4.69) is 0 Å². The zero-order chi connectivity index (χ0) is 18.4. The van der Waals surface area contributed by atoms with E-state index >= 15 is 0 Å². The maximum absolute atomic E-state index is 13.5. The first-order valence-electron chi connectivity index (χ1n) is 9.08. The van der Waals surface area contributed by atoms with E-state index in [9.17, 15) is 9.59 Å². The second kappa shape index (κ2) is 5.81. The van der Waals surface area contributed by atoms with Crippen molar-refractivity contribution in [3.63, 3.8) is 0 Å². The van der Waals surface area contributed by atoms with Crippen molar-refractivity contribution in [2.45, 2.75) is 5.66 Å². The van der Waals surface area contributed by atoms with Crippen LogP contribution in [0.4, 0.5) is 0 Å². The first kappa shape index (κ1) is 15.8. The van der Waals surface area contributed by atoms with E-state index in [4.69, 9.17) is 0 Å². The highest BCUT2D eigenvalue weighted by Gasteiger charge is 2.59. The zero-order valence-corrected chi connectivity index (χ0v) is 14.7. The molecule has 0 spiro atoms. The number of nitrogens with zero attached hydrogens (tertiary/aromatic N) is 2. The van der Waals surface area contributed by atoms with Gasteiger partial charge in [0.2, 0.25) is 0 Å². The summed E-state index contributed by atoms with van der Waals surface area (Å²) in [5.74, 6) is -0.0794. The Bertz CT molecular complexity index is 1030. The summed E-state index contributed by atoms with van der Waals surface area (Å²) in [6.45, 7) is 1.02. The molecule has 132 valence electrons. The summed E-state index contributed by atoms with van der Waals surface area (Å²) in [6, 6.07) is 26.8. The normalized spacial score (nSPS) is 20.5. The molecule has 2 aliphatic rings. The molecule has 4 heteroatoms. The fourth-order valence-electron chi connectivity index (χ4n) is 4.45. The molecule has 4 nitrogen and oxygen atoms in total.